The number of anilines is 1. The molecule has 0 saturated heterocycles. The van der Waals surface area contributed by atoms with Gasteiger partial charge in [-0.3, -0.25) is 4.79 Å². The summed E-state index contributed by atoms with van der Waals surface area (Å²) in [5, 5.41) is 2.68. The lowest BCUT2D eigenvalue weighted by Gasteiger charge is -2.19. The minimum Gasteiger partial charge on any atom is -0.492 e. The number of rotatable bonds is 8. The van der Waals surface area contributed by atoms with E-state index in [1.54, 1.807) is 13.0 Å². The molecule has 0 fully saturated rings. The van der Waals surface area contributed by atoms with Crippen molar-refractivity contribution in [3.63, 3.8) is 0 Å². The van der Waals surface area contributed by atoms with E-state index >= 15 is 0 Å². The molecule has 2 atom stereocenters. The predicted octanol–water partition coefficient (Wildman–Crippen LogP) is 2.07. The Balaban J connectivity index is 0.00000576. The molecule has 0 heterocycles. The lowest BCUT2D eigenvalue weighted by molar-refractivity contribution is -0.118. The minimum atomic E-state index is -3.70. The first kappa shape index (κ1) is 23.6. The van der Waals surface area contributed by atoms with Crippen molar-refractivity contribution in [2.24, 2.45) is 11.7 Å². The Morgan fingerprint density at radius 2 is 1.92 bits per heavy atom. The molecule has 3 N–H and O–H groups in total. The van der Waals surface area contributed by atoms with Gasteiger partial charge < -0.3 is 15.8 Å². The van der Waals surface area contributed by atoms with Gasteiger partial charge in [-0.25, -0.2) is 12.7 Å². The van der Waals surface area contributed by atoms with Gasteiger partial charge in [0.25, 0.3) is 0 Å². The molecule has 1 rings (SSSR count). The molecular weight excluding hydrogens is 366 g/mol. The van der Waals surface area contributed by atoms with Crippen LogP contribution in [0.5, 0.6) is 5.75 Å². The zero-order valence-electron chi connectivity index (χ0n) is 15.3. The van der Waals surface area contributed by atoms with E-state index in [1.807, 2.05) is 13.8 Å². The van der Waals surface area contributed by atoms with E-state index in [1.165, 1.54) is 26.2 Å². The molecule has 1 aromatic carbocycles. The monoisotopic (exact) mass is 393 g/mol. The Morgan fingerprint density at radius 1 is 1.32 bits per heavy atom. The van der Waals surface area contributed by atoms with Crippen LogP contribution in [0.4, 0.5) is 5.69 Å². The number of halogens is 1. The topological polar surface area (TPSA) is 102 Å². The molecule has 0 saturated carbocycles. The summed E-state index contributed by atoms with van der Waals surface area (Å²) in [7, 11) is -0.824. The van der Waals surface area contributed by atoms with Gasteiger partial charge in [0.2, 0.25) is 15.9 Å². The summed E-state index contributed by atoms with van der Waals surface area (Å²) in [4.78, 5) is 12.2. The fourth-order valence-electron chi connectivity index (χ4n) is 2.00. The number of ether oxygens (including phenoxy) is 1. The molecule has 2 unspecified atom stereocenters. The summed E-state index contributed by atoms with van der Waals surface area (Å²) in [5.74, 6) is -0.0742. The van der Waals surface area contributed by atoms with E-state index in [2.05, 4.69) is 5.32 Å². The van der Waals surface area contributed by atoms with Crippen LogP contribution in [0, 0.1) is 5.92 Å². The van der Waals surface area contributed by atoms with E-state index in [0.717, 1.165) is 10.7 Å². The van der Waals surface area contributed by atoms with E-state index in [0.29, 0.717) is 12.3 Å². The van der Waals surface area contributed by atoms with E-state index in [9.17, 15) is 13.2 Å². The van der Waals surface area contributed by atoms with Crippen LogP contribution in [0.25, 0.3) is 0 Å². The molecule has 1 amide bonds. The minimum absolute atomic E-state index is 0. The first-order valence-corrected chi connectivity index (χ1v) is 9.34. The van der Waals surface area contributed by atoms with Crippen LogP contribution < -0.4 is 15.8 Å². The number of hydrogen-bond donors (Lipinski definition) is 2. The molecule has 0 aromatic heterocycles. The zero-order chi connectivity index (χ0) is 18.5. The van der Waals surface area contributed by atoms with Crippen LogP contribution in [0.2, 0.25) is 0 Å². The maximum Gasteiger partial charge on any atom is 0.246 e. The second-order valence-electron chi connectivity index (χ2n) is 5.78. The van der Waals surface area contributed by atoms with Gasteiger partial charge in [-0.05, 0) is 31.0 Å². The van der Waals surface area contributed by atoms with Gasteiger partial charge in [0, 0.05) is 19.8 Å². The van der Waals surface area contributed by atoms with Gasteiger partial charge in [0.1, 0.15) is 10.6 Å². The maximum absolute atomic E-state index is 12.5. The van der Waals surface area contributed by atoms with Gasteiger partial charge in [-0.1, -0.05) is 20.3 Å². The van der Waals surface area contributed by atoms with Crippen molar-refractivity contribution in [1.29, 1.82) is 0 Å². The standard InChI is InChI=1S/C16H27N3O4S.ClH/c1-6-11(3)15(17)16(20)18-12-8-9-13(23-7-2)14(10-12)24(21,22)19(4)5;/h8-11,15H,6-7,17H2,1-5H3,(H,18,20);1H. The van der Waals surface area contributed by atoms with Crippen molar-refractivity contribution in [2.45, 2.75) is 38.1 Å². The summed E-state index contributed by atoms with van der Waals surface area (Å²) in [6.45, 7) is 5.95. The van der Waals surface area contributed by atoms with Crippen LogP contribution in [0.15, 0.2) is 23.1 Å². The largest absolute Gasteiger partial charge is 0.492 e. The summed E-state index contributed by atoms with van der Waals surface area (Å²) >= 11 is 0. The van der Waals surface area contributed by atoms with Crippen molar-refractivity contribution < 1.29 is 17.9 Å². The van der Waals surface area contributed by atoms with Gasteiger partial charge >= 0.3 is 0 Å². The van der Waals surface area contributed by atoms with Crippen LogP contribution in [0.1, 0.15) is 27.2 Å². The van der Waals surface area contributed by atoms with Crippen molar-refractivity contribution in [3.05, 3.63) is 18.2 Å². The highest BCUT2D eigenvalue weighted by Crippen LogP contribution is 2.29. The number of carbonyl (C=O) groups excluding carboxylic acids is 1. The second kappa shape index (κ2) is 9.96. The first-order chi connectivity index (χ1) is 11.1. The highest BCUT2D eigenvalue weighted by molar-refractivity contribution is 7.89. The summed E-state index contributed by atoms with van der Waals surface area (Å²) < 4.78 is 31.4. The van der Waals surface area contributed by atoms with E-state index < -0.39 is 16.1 Å². The van der Waals surface area contributed by atoms with Gasteiger partial charge in [0.05, 0.1) is 12.6 Å². The van der Waals surface area contributed by atoms with Crippen molar-refractivity contribution in [2.75, 3.05) is 26.0 Å². The van der Waals surface area contributed by atoms with E-state index in [4.69, 9.17) is 10.5 Å². The molecule has 0 aliphatic heterocycles. The molecular formula is C16H28ClN3O4S. The average molecular weight is 394 g/mol. The normalized spacial score (nSPS) is 13.7. The number of nitrogens with zero attached hydrogens (tertiary/aromatic N) is 1. The molecule has 0 spiro atoms. The van der Waals surface area contributed by atoms with Crippen molar-refractivity contribution in [3.8, 4) is 5.75 Å². The lowest BCUT2D eigenvalue weighted by Crippen LogP contribution is -2.40. The third-order valence-corrected chi connectivity index (χ3v) is 5.67. The van der Waals surface area contributed by atoms with Crippen LogP contribution in [0.3, 0.4) is 0 Å². The fraction of sp³-hybridized carbons (Fsp3) is 0.562. The van der Waals surface area contributed by atoms with Crippen LogP contribution in [-0.4, -0.2) is 45.4 Å². The fourth-order valence-corrected chi connectivity index (χ4v) is 3.05. The highest BCUT2D eigenvalue weighted by Gasteiger charge is 2.24. The van der Waals surface area contributed by atoms with Gasteiger partial charge in [-0.2, -0.15) is 0 Å². The molecule has 1 aromatic rings. The Labute approximate surface area is 156 Å². The Bertz CT molecular complexity index is 680. The third kappa shape index (κ3) is 5.85. The second-order valence-corrected chi connectivity index (χ2v) is 7.90. The summed E-state index contributed by atoms with van der Waals surface area (Å²) in [5.41, 5.74) is 6.27. The molecule has 9 heteroatoms. The predicted molar refractivity (Wildman–Crippen MR) is 102 cm³/mol. The van der Waals surface area contributed by atoms with Gasteiger partial charge in [-0.15, -0.1) is 12.4 Å². The molecule has 0 aliphatic rings. The zero-order valence-corrected chi connectivity index (χ0v) is 16.9. The lowest BCUT2D eigenvalue weighted by atomic mass is 9.99. The highest BCUT2D eigenvalue weighted by atomic mass is 35.5. The smallest absolute Gasteiger partial charge is 0.246 e. The quantitative estimate of drug-likeness (QED) is 0.703. The SMILES string of the molecule is CCOc1ccc(NC(=O)C(N)C(C)CC)cc1S(=O)(=O)N(C)C.Cl. The number of carbonyl (C=O) groups is 1. The molecule has 0 aliphatic carbocycles. The molecule has 0 radical (unpaired) electrons. The third-order valence-electron chi connectivity index (χ3n) is 3.83. The first-order valence-electron chi connectivity index (χ1n) is 7.90. The van der Waals surface area contributed by atoms with Gasteiger partial charge in [0.15, 0.2) is 0 Å². The number of nitrogens with one attached hydrogen (secondary N) is 1. The maximum atomic E-state index is 12.5. The number of amides is 1. The van der Waals surface area contributed by atoms with E-state index in [-0.39, 0.29) is 34.9 Å². The molecule has 0 bridgehead atoms. The number of hydrogen-bond acceptors (Lipinski definition) is 5. The number of sulfonamides is 1. The van der Waals surface area contributed by atoms with Crippen LogP contribution in [-0.2, 0) is 14.8 Å². The Kier molecular flexibility index (Phi) is 9.42. The summed E-state index contributed by atoms with van der Waals surface area (Å²) in [6.07, 6.45) is 0.776. The molecule has 25 heavy (non-hydrogen) atoms. The molecule has 7 nitrogen and oxygen atoms in total. The number of nitrogens with two attached hydrogens (primary N) is 1. The van der Waals surface area contributed by atoms with Crippen molar-refractivity contribution >= 4 is 34.0 Å². The Hall–Kier alpha value is -1.35. The average Bonchev–Trinajstić information content (AvgIpc) is 2.54. The van der Waals surface area contributed by atoms with Crippen molar-refractivity contribution in [1.82, 2.24) is 4.31 Å². The Morgan fingerprint density at radius 3 is 2.40 bits per heavy atom. The molecule has 144 valence electrons. The van der Waals surface area contributed by atoms with Crippen LogP contribution >= 0.6 is 12.4 Å². The summed E-state index contributed by atoms with van der Waals surface area (Å²) in [6, 6.07) is 3.86. The number of benzene rings is 1.